The van der Waals surface area contributed by atoms with E-state index >= 15 is 0 Å². The Labute approximate surface area is 48.4 Å². The lowest BCUT2D eigenvalue weighted by molar-refractivity contribution is 0.0487. The minimum absolute atomic E-state index is 0.102. The average molecular weight is 117 g/mol. The summed E-state index contributed by atoms with van der Waals surface area (Å²) in [6.45, 7) is 1.09. The van der Waals surface area contributed by atoms with Crippen LogP contribution in [-0.4, -0.2) is 30.5 Å². The third-order valence-corrected chi connectivity index (χ3v) is 1.41. The Morgan fingerprint density at radius 1 is 1.75 bits per heavy atom. The first-order chi connectivity index (χ1) is 3.84. The van der Waals surface area contributed by atoms with Crippen LogP contribution in [0.5, 0.6) is 0 Å². The van der Waals surface area contributed by atoms with E-state index in [-0.39, 0.29) is 12.2 Å². The predicted molar refractivity (Wildman–Crippen MR) is 29.4 cm³/mol. The van der Waals surface area contributed by atoms with Gasteiger partial charge in [-0.1, -0.05) is 0 Å². The zero-order chi connectivity index (χ0) is 5.98. The van der Waals surface area contributed by atoms with Crippen LogP contribution in [0.1, 0.15) is 6.42 Å². The molecular weight excluding hydrogens is 106 g/mol. The van der Waals surface area contributed by atoms with Crippen LogP contribution in [-0.2, 0) is 4.74 Å². The summed E-state index contributed by atoms with van der Waals surface area (Å²) < 4.78 is 5.04. The van der Waals surface area contributed by atoms with Gasteiger partial charge in [0.2, 0.25) is 0 Å². The monoisotopic (exact) mass is 117 g/mol. The molecule has 0 aromatic heterocycles. The standard InChI is InChI=1S/C5H11NO2/c6-3-5-4(7)1-2-8-5/h4-5,7H,1-3,6H2/t4-,5+/m1/s1. The Hall–Kier alpha value is -0.120. The largest absolute Gasteiger partial charge is 0.390 e. The van der Waals surface area contributed by atoms with Gasteiger partial charge in [0.25, 0.3) is 0 Å². The van der Waals surface area contributed by atoms with E-state index in [1.807, 2.05) is 0 Å². The van der Waals surface area contributed by atoms with Crippen LogP contribution in [0.3, 0.4) is 0 Å². The van der Waals surface area contributed by atoms with Gasteiger partial charge in [-0.2, -0.15) is 0 Å². The molecule has 0 bridgehead atoms. The molecule has 0 aliphatic carbocycles. The molecule has 3 N–H and O–H groups in total. The zero-order valence-electron chi connectivity index (χ0n) is 4.71. The number of ether oxygens (including phenoxy) is 1. The first-order valence-electron chi connectivity index (χ1n) is 2.84. The fourth-order valence-corrected chi connectivity index (χ4v) is 0.862. The normalized spacial score (nSPS) is 38.2. The van der Waals surface area contributed by atoms with Crippen LogP contribution in [0.4, 0.5) is 0 Å². The lowest BCUT2D eigenvalue weighted by atomic mass is 10.2. The molecule has 0 spiro atoms. The molecule has 0 aromatic carbocycles. The minimum atomic E-state index is -0.319. The van der Waals surface area contributed by atoms with Crippen molar-refractivity contribution in [1.82, 2.24) is 0 Å². The van der Waals surface area contributed by atoms with Gasteiger partial charge in [0, 0.05) is 13.2 Å². The van der Waals surface area contributed by atoms with Crippen molar-refractivity contribution in [2.45, 2.75) is 18.6 Å². The maximum atomic E-state index is 8.98. The van der Waals surface area contributed by atoms with E-state index in [2.05, 4.69) is 0 Å². The number of aliphatic hydroxyl groups is 1. The summed E-state index contributed by atoms with van der Waals surface area (Å²) in [6.07, 6.45) is 0.317. The highest BCUT2D eigenvalue weighted by molar-refractivity contribution is 4.74. The van der Waals surface area contributed by atoms with E-state index in [9.17, 15) is 0 Å². The third-order valence-electron chi connectivity index (χ3n) is 1.41. The summed E-state index contributed by atoms with van der Waals surface area (Å²) in [6, 6.07) is 0. The summed E-state index contributed by atoms with van der Waals surface area (Å²) in [5.41, 5.74) is 5.24. The molecule has 1 fully saturated rings. The van der Waals surface area contributed by atoms with Crippen LogP contribution < -0.4 is 5.73 Å². The molecule has 0 saturated carbocycles. The molecule has 1 rings (SSSR count). The highest BCUT2D eigenvalue weighted by atomic mass is 16.5. The van der Waals surface area contributed by atoms with Crippen LogP contribution in [0, 0.1) is 0 Å². The zero-order valence-corrected chi connectivity index (χ0v) is 4.71. The highest BCUT2D eigenvalue weighted by Crippen LogP contribution is 2.10. The van der Waals surface area contributed by atoms with Crippen LogP contribution in [0.25, 0.3) is 0 Å². The number of aliphatic hydroxyl groups excluding tert-OH is 1. The van der Waals surface area contributed by atoms with Gasteiger partial charge in [-0.25, -0.2) is 0 Å². The summed E-state index contributed by atoms with van der Waals surface area (Å²) in [5.74, 6) is 0. The van der Waals surface area contributed by atoms with Crippen LogP contribution >= 0.6 is 0 Å². The average Bonchev–Trinajstić information content (AvgIpc) is 2.14. The topological polar surface area (TPSA) is 55.5 Å². The van der Waals surface area contributed by atoms with Gasteiger partial charge in [0.15, 0.2) is 0 Å². The second-order valence-electron chi connectivity index (χ2n) is 2.00. The summed E-state index contributed by atoms with van der Waals surface area (Å²) >= 11 is 0. The second kappa shape index (κ2) is 2.44. The molecule has 48 valence electrons. The number of hydrogen-bond donors (Lipinski definition) is 2. The van der Waals surface area contributed by atoms with Crippen molar-refractivity contribution in [3.05, 3.63) is 0 Å². The number of nitrogens with two attached hydrogens (primary N) is 1. The maximum absolute atomic E-state index is 8.98. The lowest BCUT2D eigenvalue weighted by Crippen LogP contribution is -2.29. The van der Waals surface area contributed by atoms with Crippen molar-refractivity contribution in [1.29, 1.82) is 0 Å². The molecule has 0 radical (unpaired) electrons. The fourth-order valence-electron chi connectivity index (χ4n) is 0.862. The quantitative estimate of drug-likeness (QED) is 0.467. The molecule has 1 heterocycles. The first-order valence-corrected chi connectivity index (χ1v) is 2.84. The van der Waals surface area contributed by atoms with Gasteiger partial charge in [0.1, 0.15) is 0 Å². The van der Waals surface area contributed by atoms with E-state index in [0.29, 0.717) is 13.2 Å². The van der Waals surface area contributed by atoms with Gasteiger partial charge >= 0.3 is 0 Å². The molecule has 0 unspecified atom stereocenters. The maximum Gasteiger partial charge on any atom is 0.0956 e. The first kappa shape index (κ1) is 6.01. The molecule has 2 atom stereocenters. The lowest BCUT2D eigenvalue weighted by Gasteiger charge is -2.08. The van der Waals surface area contributed by atoms with E-state index in [1.165, 1.54) is 0 Å². The van der Waals surface area contributed by atoms with E-state index in [1.54, 1.807) is 0 Å². The smallest absolute Gasteiger partial charge is 0.0956 e. The van der Waals surface area contributed by atoms with Gasteiger partial charge < -0.3 is 15.6 Å². The molecule has 1 aliphatic rings. The van der Waals surface area contributed by atoms with Crippen LogP contribution in [0.2, 0.25) is 0 Å². The van der Waals surface area contributed by atoms with Crippen LogP contribution in [0.15, 0.2) is 0 Å². The van der Waals surface area contributed by atoms with Gasteiger partial charge in [-0.3, -0.25) is 0 Å². The predicted octanol–water partition coefficient (Wildman–Crippen LogP) is -0.905. The minimum Gasteiger partial charge on any atom is -0.390 e. The molecule has 0 aromatic rings. The Bertz CT molecular complexity index is 76.8. The third kappa shape index (κ3) is 0.992. The molecule has 0 amide bonds. The van der Waals surface area contributed by atoms with Gasteiger partial charge in [-0.15, -0.1) is 0 Å². The van der Waals surface area contributed by atoms with Gasteiger partial charge in [0.05, 0.1) is 12.2 Å². The fraction of sp³-hybridized carbons (Fsp3) is 1.00. The van der Waals surface area contributed by atoms with Crippen molar-refractivity contribution in [3.8, 4) is 0 Å². The Morgan fingerprint density at radius 3 is 2.75 bits per heavy atom. The molecular formula is C5H11NO2. The molecule has 3 nitrogen and oxygen atoms in total. The van der Waals surface area contributed by atoms with E-state index in [0.717, 1.165) is 6.42 Å². The summed E-state index contributed by atoms with van der Waals surface area (Å²) in [5, 5.41) is 8.98. The molecule has 1 saturated heterocycles. The summed E-state index contributed by atoms with van der Waals surface area (Å²) in [4.78, 5) is 0. The molecule has 1 aliphatic heterocycles. The van der Waals surface area contributed by atoms with Crippen molar-refractivity contribution in [3.63, 3.8) is 0 Å². The second-order valence-corrected chi connectivity index (χ2v) is 2.00. The Balaban J connectivity index is 2.30. The van der Waals surface area contributed by atoms with E-state index < -0.39 is 0 Å². The number of rotatable bonds is 1. The van der Waals surface area contributed by atoms with Crippen molar-refractivity contribution < 1.29 is 9.84 Å². The Morgan fingerprint density at radius 2 is 2.50 bits per heavy atom. The van der Waals surface area contributed by atoms with Crippen molar-refractivity contribution in [2.24, 2.45) is 5.73 Å². The SMILES string of the molecule is NC[C@@H]1OCC[C@H]1O. The van der Waals surface area contributed by atoms with E-state index in [4.69, 9.17) is 15.6 Å². The Kier molecular flexibility index (Phi) is 1.83. The molecule has 8 heavy (non-hydrogen) atoms. The summed E-state index contributed by atoms with van der Waals surface area (Å²) in [7, 11) is 0. The molecule has 3 heteroatoms. The highest BCUT2D eigenvalue weighted by Gasteiger charge is 2.23. The van der Waals surface area contributed by atoms with Crippen molar-refractivity contribution in [2.75, 3.05) is 13.2 Å². The number of hydrogen-bond acceptors (Lipinski definition) is 3. The van der Waals surface area contributed by atoms with Crippen molar-refractivity contribution >= 4 is 0 Å². The van der Waals surface area contributed by atoms with Gasteiger partial charge in [-0.05, 0) is 6.42 Å².